The van der Waals surface area contributed by atoms with Gasteiger partial charge in [-0.2, -0.15) is 8.42 Å². The molecule has 1 atom stereocenters. The molecule has 0 aromatic carbocycles. The van der Waals surface area contributed by atoms with Crippen LogP contribution in [0.2, 0.25) is 0 Å². The third-order valence-electron chi connectivity index (χ3n) is 1.87. The van der Waals surface area contributed by atoms with E-state index in [-0.39, 0.29) is 24.8 Å². The third-order valence-corrected chi connectivity index (χ3v) is 2.63. The first kappa shape index (κ1) is 26.9. The van der Waals surface area contributed by atoms with E-state index in [0.717, 1.165) is 0 Å². The molecule has 13 nitrogen and oxygen atoms in total. The minimum Gasteiger partial charge on any atom is -0.480 e. The number of aliphatic carboxylic acids is 2. The summed E-state index contributed by atoms with van der Waals surface area (Å²) >= 11 is 0. The van der Waals surface area contributed by atoms with Crippen molar-refractivity contribution in [2.75, 3.05) is 25.4 Å². The highest BCUT2D eigenvalue weighted by atomic mass is 32.2. The molecular formula is C10H26N6O7S. The number of nitrogens with one attached hydrogen (secondary N) is 2. The molecule has 0 saturated heterocycles. The van der Waals surface area contributed by atoms with Gasteiger partial charge in [-0.1, -0.05) is 0 Å². The summed E-state index contributed by atoms with van der Waals surface area (Å²) in [7, 11) is -3.80. The van der Waals surface area contributed by atoms with Gasteiger partial charge in [0, 0.05) is 13.1 Å². The van der Waals surface area contributed by atoms with Gasteiger partial charge in [-0.25, -0.2) is 0 Å². The Bertz CT molecular complexity index is 470. The molecule has 0 saturated carbocycles. The fourth-order valence-corrected chi connectivity index (χ4v) is 1.12. The fourth-order valence-electron chi connectivity index (χ4n) is 0.817. The molecule has 13 N–H and O–H groups in total. The van der Waals surface area contributed by atoms with Crippen molar-refractivity contribution in [3.05, 3.63) is 0 Å². The summed E-state index contributed by atoms with van der Waals surface area (Å²) in [6.45, 7) is 0.176. The number of carboxylic acid groups (broad SMARTS) is 2. The molecule has 14 heteroatoms. The average molecular weight is 374 g/mol. The van der Waals surface area contributed by atoms with Crippen molar-refractivity contribution in [1.82, 2.24) is 5.32 Å². The van der Waals surface area contributed by atoms with Crippen LogP contribution in [0.1, 0.15) is 12.8 Å². The van der Waals surface area contributed by atoms with Crippen molar-refractivity contribution < 1.29 is 32.8 Å². The minimum absolute atomic E-state index is 0.0289. The highest BCUT2D eigenvalue weighted by Crippen LogP contribution is 1.92. The van der Waals surface area contributed by atoms with Crippen LogP contribution >= 0.6 is 0 Å². The molecule has 0 bridgehead atoms. The Morgan fingerprint density at radius 1 is 1.21 bits per heavy atom. The topological polar surface area (TPSA) is 269 Å². The summed E-state index contributed by atoms with van der Waals surface area (Å²) in [4.78, 5) is 19.5. The molecule has 0 rings (SSSR count). The van der Waals surface area contributed by atoms with Gasteiger partial charge in [0.1, 0.15) is 6.04 Å². The zero-order valence-electron chi connectivity index (χ0n) is 13.0. The van der Waals surface area contributed by atoms with Gasteiger partial charge < -0.3 is 38.5 Å². The van der Waals surface area contributed by atoms with Gasteiger partial charge in [0.2, 0.25) is 0 Å². The van der Waals surface area contributed by atoms with Crippen molar-refractivity contribution in [2.24, 2.45) is 22.9 Å². The average Bonchev–Trinajstić information content (AvgIpc) is 2.43. The van der Waals surface area contributed by atoms with Gasteiger partial charge >= 0.3 is 11.9 Å². The highest BCUT2D eigenvalue weighted by molar-refractivity contribution is 7.85. The number of hydrogen-bond acceptors (Lipinski definition) is 8. The lowest BCUT2D eigenvalue weighted by Gasteiger charge is -2.06. The van der Waals surface area contributed by atoms with Crippen LogP contribution in [-0.4, -0.2) is 72.5 Å². The molecular weight excluding hydrogens is 348 g/mol. The largest absolute Gasteiger partial charge is 0.480 e. The number of carboxylic acids is 2. The summed E-state index contributed by atoms with van der Waals surface area (Å²) in [6.07, 6.45) is 0.975. The maximum absolute atomic E-state index is 10.2. The highest BCUT2D eigenvalue weighted by Gasteiger charge is 2.09. The van der Waals surface area contributed by atoms with E-state index in [4.69, 9.17) is 37.4 Å². The number of nitrogens with two attached hydrogens (primary N) is 4. The molecule has 0 aromatic rings. The summed E-state index contributed by atoms with van der Waals surface area (Å²) < 4.78 is 27.3. The smallest absolute Gasteiger partial charge is 0.320 e. The van der Waals surface area contributed by atoms with E-state index < -0.39 is 28.1 Å². The van der Waals surface area contributed by atoms with Crippen molar-refractivity contribution in [3.8, 4) is 0 Å². The van der Waals surface area contributed by atoms with E-state index in [2.05, 4.69) is 11.1 Å². The van der Waals surface area contributed by atoms with Crippen molar-refractivity contribution in [1.29, 1.82) is 5.41 Å². The molecule has 0 aliphatic rings. The summed E-state index contributed by atoms with van der Waals surface area (Å²) in [5.74, 6) is -2.44. The number of guanidine groups is 1. The lowest BCUT2D eigenvalue weighted by Crippen LogP contribution is -2.34. The van der Waals surface area contributed by atoms with E-state index in [9.17, 15) is 18.0 Å². The number of carbonyl (C=O) groups is 2. The first-order chi connectivity index (χ1) is 10.9. The normalized spacial score (nSPS) is 11.0. The Balaban J connectivity index is -0.000000311. The van der Waals surface area contributed by atoms with E-state index in [1.165, 1.54) is 0 Å². The summed E-state index contributed by atoms with van der Waals surface area (Å²) in [5.41, 5.74) is 19.6. The quantitative estimate of drug-likeness (QED) is 0.0867. The van der Waals surface area contributed by atoms with Crippen LogP contribution in [0.5, 0.6) is 0 Å². The van der Waals surface area contributed by atoms with E-state index >= 15 is 0 Å². The maximum Gasteiger partial charge on any atom is 0.320 e. The Morgan fingerprint density at radius 2 is 1.67 bits per heavy atom. The van der Waals surface area contributed by atoms with E-state index in [1.54, 1.807) is 0 Å². The number of rotatable bonds is 8. The Morgan fingerprint density at radius 3 is 1.88 bits per heavy atom. The monoisotopic (exact) mass is 374 g/mol. The Kier molecular flexibility index (Phi) is 17.8. The zero-order chi connectivity index (χ0) is 19.8. The van der Waals surface area contributed by atoms with Crippen LogP contribution in [0.4, 0.5) is 0 Å². The van der Waals surface area contributed by atoms with Crippen molar-refractivity contribution in [2.45, 2.75) is 18.9 Å². The van der Waals surface area contributed by atoms with Crippen LogP contribution in [0.15, 0.2) is 0 Å². The van der Waals surface area contributed by atoms with E-state index in [1.807, 2.05) is 0 Å². The molecule has 0 heterocycles. The Labute approximate surface area is 139 Å². The maximum atomic E-state index is 10.2. The van der Waals surface area contributed by atoms with Crippen molar-refractivity contribution >= 4 is 28.0 Å². The molecule has 24 heavy (non-hydrogen) atoms. The molecule has 0 aliphatic carbocycles. The van der Waals surface area contributed by atoms with E-state index in [0.29, 0.717) is 19.4 Å². The first-order valence-electron chi connectivity index (χ1n) is 6.50. The predicted octanol–water partition coefficient (Wildman–Crippen LogP) is -3.48. The minimum atomic E-state index is -3.80. The second kappa shape index (κ2) is 15.9. The van der Waals surface area contributed by atoms with Gasteiger partial charge in [-0.3, -0.25) is 19.6 Å². The molecule has 0 amide bonds. The lowest BCUT2D eigenvalue weighted by atomic mass is 10.2. The lowest BCUT2D eigenvalue weighted by molar-refractivity contribution is -0.138. The second-order valence-corrected chi connectivity index (χ2v) is 5.67. The fraction of sp³-hybridized carbons (Fsp3) is 0.700. The van der Waals surface area contributed by atoms with Gasteiger partial charge in [-0.15, -0.1) is 0 Å². The predicted molar refractivity (Wildman–Crippen MR) is 86.9 cm³/mol. The molecule has 0 aromatic heterocycles. The second-order valence-electron chi connectivity index (χ2n) is 4.10. The molecule has 0 spiro atoms. The van der Waals surface area contributed by atoms with Crippen molar-refractivity contribution in [3.63, 3.8) is 0 Å². The molecule has 0 radical (unpaired) electrons. The van der Waals surface area contributed by atoms with Gasteiger partial charge in [0.05, 0.1) is 12.3 Å². The first-order valence-corrected chi connectivity index (χ1v) is 8.11. The van der Waals surface area contributed by atoms with Crippen LogP contribution < -0.4 is 28.3 Å². The standard InChI is InChI=1S/C6H14N4O2.C2H7NO3S.C2H5NO2/c7-4(5(11)12)2-1-3-10-6(8)9;3-1-2-7(4,5)6;3-1-2(4)5/h4H,1-3,7H2,(H,11,12)(H4,8,9,10);1-3H2,(H,4,5,6);1,3H2,(H,4,5)/t4-;;/m0../s1. The van der Waals surface area contributed by atoms with Crippen LogP contribution in [0.25, 0.3) is 0 Å². The van der Waals surface area contributed by atoms with Crippen LogP contribution in [0, 0.1) is 5.41 Å². The van der Waals surface area contributed by atoms with Gasteiger partial charge in [-0.05, 0) is 12.8 Å². The number of hydrogen-bond donors (Lipinski definition) is 9. The SMILES string of the molecule is N=C(N)NCCC[C@H](N)C(=O)O.NCC(=O)O.NCCS(=O)(=O)O. The molecule has 144 valence electrons. The summed E-state index contributed by atoms with van der Waals surface area (Å²) in [5, 5.41) is 25.3. The van der Waals surface area contributed by atoms with Gasteiger partial charge in [0.15, 0.2) is 5.96 Å². The van der Waals surface area contributed by atoms with Crippen LogP contribution in [0.3, 0.4) is 0 Å². The third kappa shape index (κ3) is 32.1. The molecule has 0 unspecified atom stereocenters. The van der Waals surface area contributed by atoms with Crippen LogP contribution in [-0.2, 0) is 19.7 Å². The summed E-state index contributed by atoms with van der Waals surface area (Å²) in [6, 6.07) is -0.821. The molecule has 0 aliphatic heterocycles. The zero-order valence-corrected chi connectivity index (χ0v) is 13.8. The molecule has 0 fully saturated rings. The Hall–Kier alpha value is -2.00. The van der Waals surface area contributed by atoms with Gasteiger partial charge in [0.25, 0.3) is 10.1 Å².